The summed E-state index contributed by atoms with van der Waals surface area (Å²) in [4.78, 5) is 14.4. The number of aryl methyl sites for hydroxylation is 1. The van der Waals surface area contributed by atoms with Crippen molar-refractivity contribution in [3.63, 3.8) is 0 Å². The van der Waals surface area contributed by atoms with Crippen LogP contribution in [0.1, 0.15) is 36.4 Å². The number of nitrogens with zero attached hydrogens (tertiary/aromatic N) is 1. The Morgan fingerprint density at radius 2 is 2.15 bits per heavy atom. The molecule has 0 saturated heterocycles. The van der Waals surface area contributed by atoms with Crippen LogP contribution in [0.2, 0.25) is 0 Å². The maximum Gasteiger partial charge on any atom is 0.234 e. The number of amides is 1. The van der Waals surface area contributed by atoms with Gasteiger partial charge in [0, 0.05) is 18.6 Å². The normalized spacial score (nSPS) is 20.8. The van der Waals surface area contributed by atoms with Crippen LogP contribution in [0.25, 0.3) is 0 Å². The highest BCUT2D eigenvalue weighted by Gasteiger charge is 2.38. The lowest BCUT2D eigenvalue weighted by Gasteiger charge is -2.29. The molecule has 1 aromatic rings. The van der Waals surface area contributed by atoms with Gasteiger partial charge in [-0.3, -0.25) is 9.69 Å². The second kappa shape index (κ2) is 5.80. The average Bonchev–Trinajstić information content (AvgIpc) is 3.22. The Balaban J connectivity index is 1.72. The molecule has 0 aromatic heterocycles. The van der Waals surface area contributed by atoms with E-state index in [1.807, 2.05) is 0 Å². The summed E-state index contributed by atoms with van der Waals surface area (Å²) in [5.74, 6) is 0.112. The summed E-state index contributed by atoms with van der Waals surface area (Å²) in [6, 6.07) is 9.69. The van der Waals surface area contributed by atoms with Crippen molar-refractivity contribution >= 4 is 5.91 Å². The summed E-state index contributed by atoms with van der Waals surface area (Å²) in [5, 5.41) is 2.89. The number of nitrogens with one attached hydrogen (secondary N) is 1. The zero-order valence-electron chi connectivity index (χ0n) is 11.8. The van der Waals surface area contributed by atoms with Crippen LogP contribution < -0.4 is 5.32 Å². The molecule has 3 rings (SSSR count). The SMILES string of the molecule is C=CCNC(=O)CN(C1CC1)C1CCc2ccccc21. The van der Waals surface area contributed by atoms with E-state index in [0.29, 0.717) is 25.2 Å². The van der Waals surface area contributed by atoms with Gasteiger partial charge in [0.15, 0.2) is 0 Å². The van der Waals surface area contributed by atoms with E-state index in [1.54, 1.807) is 6.08 Å². The van der Waals surface area contributed by atoms with Crippen molar-refractivity contribution in [1.82, 2.24) is 10.2 Å². The lowest BCUT2D eigenvalue weighted by molar-refractivity contribution is -0.122. The van der Waals surface area contributed by atoms with Gasteiger partial charge in [0.25, 0.3) is 0 Å². The molecular weight excluding hydrogens is 248 g/mol. The lowest BCUT2D eigenvalue weighted by atomic mass is 10.1. The third kappa shape index (κ3) is 2.78. The first-order valence-electron chi connectivity index (χ1n) is 7.50. The Kier molecular flexibility index (Phi) is 3.88. The summed E-state index contributed by atoms with van der Waals surface area (Å²) in [6.45, 7) is 4.70. The molecule has 0 aliphatic heterocycles. The van der Waals surface area contributed by atoms with Crippen LogP contribution in [0.3, 0.4) is 0 Å². The quantitative estimate of drug-likeness (QED) is 0.805. The van der Waals surface area contributed by atoms with Gasteiger partial charge in [-0.15, -0.1) is 6.58 Å². The van der Waals surface area contributed by atoms with Crippen LogP contribution in [-0.4, -0.2) is 29.9 Å². The smallest absolute Gasteiger partial charge is 0.234 e. The molecule has 1 aromatic carbocycles. The topological polar surface area (TPSA) is 32.3 Å². The Labute approximate surface area is 120 Å². The molecule has 3 heteroatoms. The zero-order valence-corrected chi connectivity index (χ0v) is 11.8. The monoisotopic (exact) mass is 270 g/mol. The number of rotatable bonds is 6. The third-order valence-corrected chi connectivity index (χ3v) is 4.29. The fourth-order valence-electron chi connectivity index (χ4n) is 3.19. The molecule has 2 aliphatic rings. The number of carbonyl (C=O) groups is 1. The fourth-order valence-corrected chi connectivity index (χ4v) is 3.19. The molecule has 1 atom stereocenters. The van der Waals surface area contributed by atoms with Gasteiger partial charge in [0.1, 0.15) is 0 Å². The van der Waals surface area contributed by atoms with Gasteiger partial charge < -0.3 is 5.32 Å². The number of benzene rings is 1. The number of hydrogen-bond acceptors (Lipinski definition) is 2. The molecular formula is C17H22N2O. The summed E-state index contributed by atoms with van der Waals surface area (Å²) in [6.07, 6.45) is 6.47. The molecule has 3 nitrogen and oxygen atoms in total. The Bertz CT molecular complexity index is 507. The van der Waals surface area contributed by atoms with Crippen LogP contribution in [0.4, 0.5) is 0 Å². The van der Waals surface area contributed by atoms with Crippen molar-refractivity contribution in [1.29, 1.82) is 0 Å². The molecule has 20 heavy (non-hydrogen) atoms. The first-order chi connectivity index (χ1) is 9.79. The maximum absolute atomic E-state index is 12.0. The molecule has 1 fully saturated rings. The second-order valence-corrected chi connectivity index (χ2v) is 5.75. The predicted molar refractivity (Wildman–Crippen MR) is 80.4 cm³/mol. The highest BCUT2D eigenvalue weighted by molar-refractivity contribution is 5.78. The van der Waals surface area contributed by atoms with Crippen LogP contribution in [0.5, 0.6) is 0 Å². The van der Waals surface area contributed by atoms with Crippen LogP contribution in [-0.2, 0) is 11.2 Å². The molecule has 0 spiro atoms. The van der Waals surface area contributed by atoms with E-state index in [0.717, 1.165) is 12.8 Å². The molecule has 1 unspecified atom stereocenters. The van der Waals surface area contributed by atoms with Gasteiger partial charge in [0.2, 0.25) is 5.91 Å². The van der Waals surface area contributed by atoms with Gasteiger partial charge in [-0.05, 0) is 36.8 Å². The highest BCUT2D eigenvalue weighted by atomic mass is 16.2. The predicted octanol–water partition coefficient (Wildman–Crippen LogP) is 2.44. The minimum absolute atomic E-state index is 0.112. The van der Waals surface area contributed by atoms with Crippen molar-refractivity contribution in [2.75, 3.05) is 13.1 Å². The molecule has 0 bridgehead atoms. The maximum atomic E-state index is 12.0. The van der Waals surface area contributed by atoms with Gasteiger partial charge in [-0.2, -0.15) is 0 Å². The van der Waals surface area contributed by atoms with E-state index in [-0.39, 0.29) is 5.91 Å². The second-order valence-electron chi connectivity index (χ2n) is 5.75. The minimum Gasteiger partial charge on any atom is -0.352 e. The highest BCUT2D eigenvalue weighted by Crippen LogP contribution is 2.41. The first kappa shape index (κ1) is 13.4. The van der Waals surface area contributed by atoms with Gasteiger partial charge >= 0.3 is 0 Å². The van der Waals surface area contributed by atoms with Crippen molar-refractivity contribution < 1.29 is 4.79 Å². The molecule has 0 radical (unpaired) electrons. The number of hydrogen-bond donors (Lipinski definition) is 1. The number of fused-ring (bicyclic) bond motifs is 1. The van der Waals surface area contributed by atoms with Crippen LogP contribution >= 0.6 is 0 Å². The lowest BCUT2D eigenvalue weighted by Crippen LogP contribution is -2.40. The van der Waals surface area contributed by atoms with E-state index >= 15 is 0 Å². The van der Waals surface area contributed by atoms with Crippen molar-refractivity contribution in [2.45, 2.75) is 37.8 Å². The molecule has 1 N–H and O–H groups in total. The zero-order chi connectivity index (χ0) is 13.9. The molecule has 0 heterocycles. The van der Waals surface area contributed by atoms with Crippen molar-refractivity contribution in [3.05, 3.63) is 48.0 Å². The Hall–Kier alpha value is -1.61. The van der Waals surface area contributed by atoms with E-state index in [4.69, 9.17) is 0 Å². The van der Waals surface area contributed by atoms with Gasteiger partial charge in [0.05, 0.1) is 6.54 Å². The standard InChI is InChI=1S/C17H22N2O/c1-2-11-18-17(20)12-19(14-8-9-14)16-10-7-13-5-3-4-6-15(13)16/h2-6,14,16H,1,7-12H2,(H,18,20). The largest absolute Gasteiger partial charge is 0.352 e. The minimum atomic E-state index is 0.112. The fraction of sp³-hybridized carbons (Fsp3) is 0.471. The first-order valence-corrected chi connectivity index (χ1v) is 7.50. The van der Waals surface area contributed by atoms with Gasteiger partial charge in [-0.1, -0.05) is 30.3 Å². The van der Waals surface area contributed by atoms with E-state index < -0.39 is 0 Å². The molecule has 106 valence electrons. The summed E-state index contributed by atoms with van der Waals surface area (Å²) in [5.41, 5.74) is 2.88. The molecule has 1 amide bonds. The Morgan fingerprint density at radius 3 is 2.90 bits per heavy atom. The van der Waals surface area contributed by atoms with Crippen molar-refractivity contribution in [2.24, 2.45) is 0 Å². The van der Waals surface area contributed by atoms with Crippen LogP contribution in [0.15, 0.2) is 36.9 Å². The Morgan fingerprint density at radius 1 is 1.35 bits per heavy atom. The average molecular weight is 270 g/mol. The summed E-state index contributed by atoms with van der Waals surface area (Å²) >= 11 is 0. The van der Waals surface area contributed by atoms with E-state index in [2.05, 4.69) is 41.1 Å². The summed E-state index contributed by atoms with van der Waals surface area (Å²) < 4.78 is 0. The van der Waals surface area contributed by atoms with Gasteiger partial charge in [-0.25, -0.2) is 0 Å². The van der Waals surface area contributed by atoms with E-state index in [1.165, 1.54) is 24.0 Å². The molecule has 2 aliphatic carbocycles. The number of carbonyl (C=O) groups excluding carboxylic acids is 1. The van der Waals surface area contributed by atoms with Crippen molar-refractivity contribution in [3.8, 4) is 0 Å². The summed E-state index contributed by atoms with van der Waals surface area (Å²) in [7, 11) is 0. The van der Waals surface area contributed by atoms with Crippen LogP contribution in [0, 0.1) is 0 Å². The molecule has 1 saturated carbocycles. The third-order valence-electron chi connectivity index (χ3n) is 4.29. The van der Waals surface area contributed by atoms with E-state index in [9.17, 15) is 4.79 Å².